The normalized spacial score (nSPS) is 20.9. The zero-order valence-corrected chi connectivity index (χ0v) is 6.02. The first kappa shape index (κ1) is 7.25. The van der Waals surface area contributed by atoms with Gasteiger partial charge in [0.15, 0.2) is 0 Å². The average Bonchev–Trinajstić information content (AvgIpc) is 1.85. The van der Waals surface area contributed by atoms with E-state index in [9.17, 15) is 9.59 Å². The molecule has 1 N–H and O–H groups in total. The second kappa shape index (κ2) is 2.82. The summed E-state index contributed by atoms with van der Waals surface area (Å²) in [5.41, 5.74) is 0. The van der Waals surface area contributed by atoms with Gasteiger partial charge in [-0.3, -0.25) is 14.9 Å². The summed E-state index contributed by atoms with van der Waals surface area (Å²) in [5, 5.41) is 2.27. The summed E-state index contributed by atoms with van der Waals surface area (Å²) < 4.78 is 0. The van der Waals surface area contributed by atoms with Crippen molar-refractivity contribution < 1.29 is 9.59 Å². The van der Waals surface area contributed by atoms with Gasteiger partial charge in [0.2, 0.25) is 11.8 Å². The molecule has 1 fully saturated rings. The molecule has 0 aliphatic carbocycles. The largest absolute Gasteiger partial charge is 0.296 e. The maximum absolute atomic E-state index is 10.7. The molecule has 1 aliphatic rings. The molecule has 1 heterocycles. The number of piperidine rings is 1. The fourth-order valence-electron chi connectivity index (χ4n) is 1.14. The second-order valence-electron chi connectivity index (χ2n) is 2.65. The molecule has 0 radical (unpaired) electrons. The molecule has 56 valence electrons. The van der Waals surface area contributed by atoms with Gasteiger partial charge in [-0.25, -0.2) is 0 Å². The van der Waals surface area contributed by atoms with Crippen LogP contribution in [0.25, 0.3) is 0 Å². The van der Waals surface area contributed by atoms with Crippen molar-refractivity contribution in [1.29, 1.82) is 0 Å². The van der Waals surface area contributed by atoms with E-state index in [1.807, 2.05) is 6.92 Å². The minimum atomic E-state index is -0.122. The summed E-state index contributed by atoms with van der Waals surface area (Å²) >= 11 is 0. The van der Waals surface area contributed by atoms with Crippen LogP contribution in [0.3, 0.4) is 0 Å². The Morgan fingerprint density at radius 3 is 2.30 bits per heavy atom. The Hall–Kier alpha value is -0.860. The van der Waals surface area contributed by atoms with Crippen molar-refractivity contribution >= 4 is 11.8 Å². The highest BCUT2D eigenvalue weighted by atomic mass is 16.2. The molecule has 0 bridgehead atoms. The maximum atomic E-state index is 10.7. The van der Waals surface area contributed by atoms with Crippen molar-refractivity contribution in [3.05, 3.63) is 0 Å². The van der Waals surface area contributed by atoms with Crippen LogP contribution in [0.2, 0.25) is 0 Å². The summed E-state index contributed by atoms with van der Waals surface area (Å²) in [5.74, 6) is 0.0347. The summed E-state index contributed by atoms with van der Waals surface area (Å²) in [6, 6.07) is 0. The molecule has 1 aliphatic heterocycles. The summed E-state index contributed by atoms with van der Waals surface area (Å²) in [6.07, 6.45) is 1.95. The number of amides is 2. The first-order valence-electron chi connectivity index (χ1n) is 3.55. The fraction of sp³-hybridized carbons (Fsp3) is 0.714. The molecule has 3 heteroatoms. The van der Waals surface area contributed by atoms with Crippen molar-refractivity contribution in [3.63, 3.8) is 0 Å². The molecular formula is C7H11NO2. The van der Waals surface area contributed by atoms with Gasteiger partial charge in [0.25, 0.3) is 0 Å². The SMILES string of the molecule is CCC1CC(=O)NC(=O)C1. The summed E-state index contributed by atoms with van der Waals surface area (Å²) in [4.78, 5) is 21.4. The molecule has 0 unspecified atom stereocenters. The molecule has 10 heavy (non-hydrogen) atoms. The third-order valence-electron chi connectivity index (χ3n) is 1.80. The predicted octanol–water partition coefficient (Wildman–Crippen LogP) is 0.449. The van der Waals surface area contributed by atoms with Crippen LogP contribution in [0.5, 0.6) is 0 Å². The lowest BCUT2D eigenvalue weighted by Crippen LogP contribution is -2.38. The van der Waals surface area contributed by atoms with Gasteiger partial charge < -0.3 is 0 Å². The van der Waals surface area contributed by atoms with Gasteiger partial charge in [-0.1, -0.05) is 13.3 Å². The van der Waals surface area contributed by atoms with Gasteiger partial charge in [-0.05, 0) is 5.92 Å². The van der Waals surface area contributed by atoms with Crippen molar-refractivity contribution in [3.8, 4) is 0 Å². The molecule has 0 aromatic rings. The van der Waals surface area contributed by atoms with Crippen molar-refractivity contribution in [2.24, 2.45) is 5.92 Å². The maximum Gasteiger partial charge on any atom is 0.226 e. The summed E-state index contributed by atoms with van der Waals surface area (Å²) in [7, 11) is 0. The van der Waals surface area contributed by atoms with Crippen LogP contribution in [0.1, 0.15) is 26.2 Å². The topological polar surface area (TPSA) is 46.2 Å². The van der Waals surface area contributed by atoms with Gasteiger partial charge in [-0.2, -0.15) is 0 Å². The highest BCUT2D eigenvalue weighted by Gasteiger charge is 2.22. The molecule has 0 aromatic carbocycles. The van der Waals surface area contributed by atoms with Crippen molar-refractivity contribution in [2.75, 3.05) is 0 Å². The quantitative estimate of drug-likeness (QED) is 0.539. The van der Waals surface area contributed by atoms with Crippen LogP contribution in [-0.4, -0.2) is 11.8 Å². The Morgan fingerprint density at radius 2 is 1.90 bits per heavy atom. The molecule has 0 atom stereocenters. The number of nitrogens with one attached hydrogen (secondary N) is 1. The molecule has 3 nitrogen and oxygen atoms in total. The second-order valence-corrected chi connectivity index (χ2v) is 2.65. The van der Waals surface area contributed by atoms with E-state index in [2.05, 4.69) is 5.32 Å². The summed E-state index contributed by atoms with van der Waals surface area (Å²) in [6.45, 7) is 2.00. The van der Waals surface area contributed by atoms with Crippen molar-refractivity contribution in [1.82, 2.24) is 5.32 Å². The number of carbonyl (C=O) groups excluding carboxylic acids is 2. The fourth-order valence-corrected chi connectivity index (χ4v) is 1.14. The minimum Gasteiger partial charge on any atom is -0.296 e. The third-order valence-corrected chi connectivity index (χ3v) is 1.80. The molecule has 0 spiro atoms. The first-order valence-corrected chi connectivity index (χ1v) is 3.55. The number of hydrogen-bond donors (Lipinski definition) is 1. The van der Waals surface area contributed by atoms with Gasteiger partial charge >= 0.3 is 0 Å². The first-order chi connectivity index (χ1) is 4.72. The number of imide groups is 1. The highest BCUT2D eigenvalue weighted by Crippen LogP contribution is 2.16. The van der Waals surface area contributed by atoms with E-state index >= 15 is 0 Å². The highest BCUT2D eigenvalue weighted by molar-refractivity contribution is 5.97. The number of rotatable bonds is 1. The number of hydrogen-bond acceptors (Lipinski definition) is 2. The van der Waals surface area contributed by atoms with E-state index in [0.717, 1.165) is 6.42 Å². The van der Waals surface area contributed by atoms with Crippen LogP contribution < -0.4 is 5.32 Å². The van der Waals surface area contributed by atoms with Crippen LogP contribution in [0.15, 0.2) is 0 Å². The zero-order chi connectivity index (χ0) is 7.56. The van der Waals surface area contributed by atoms with Gasteiger partial charge in [-0.15, -0.1) is 0 Å². The van der Waals surface area contributed by atoms with E-state index in [1.165, 1.54) is 0 Å². The van der Waals surface area contributed by atoms with E-state index in [4.69, 9.17) is 0 Å². The third kappa shape index (κ3) is 1.56. The zero-order valence-electron chi connectivity index (χ0n) is 6.02. The standard InChI is InChI=1S/C7H11NO2/c1-2-5-3-6(9)8-7(10)4-5/h5H,2-4H2,1H3,(H,8,9,10). The van der Waals surface area contributed by atoms with E-state index in [-0.39, 0.29) is 17.7 Å². The van der Waals surface area contributed by atoms with Crippen LogP contribution in [0, 0.1) is 5.92 Å². The van der Waals surface area contributed by atoms with Gasteiger partial charge in [0.05, 0.1) is 0 Å². The van der Waals surface area contributed by atoms with E-state index < -0.39 is 0 Å². The molecule has 2 amide bonds. The van der Waals surface area contributed by atoms with Crippen LogP contribution in [-0.2, 0) is 9.59 Å². The molecule has 1 saturated heterocycles. The lowest BCUT2D eigenvalue weighted by atomic mass is 9.95. The van der Waals surface area contributed by atoms with Gasteiger partial charge in [0, 0.05) is 12.8 Å². The Balaban J connectivity index is 2.50. The minimum absolute atomic E-state index is 0.122. The molecule has 0 aromatic heterocycles. The number of carbonyl (C=O) groups is 2. The monoisotopic (exact) mass is 141 g/mol. The Morgan fingerprint density at radius 1 is 1.40 bits per heavy atom. The van der Waals surface area contributed by atoms with Crippen LogP contribution in [0.4, 0.5) is 0 Å². The Labute approximate surface area is 59.8 Å². The Bertz CT molecular complexity index is 149. The van der Waals surface area contributed by atoms with E-state index in [1.54, 1.807) is 0 Å². The average molecular weight is 141 g/mol. The molecule has 1 rings (SSSR count). The van der Waals surface area contributed by atoms with Crippen molar-refractivity contribution in [2.45, 2.75) is 26.2 Å². The lowest BCUT2D eigenvalue weighted by Gasteiger charge is -2.18. The molecular weight excluding hydrogens is 130 g/mol. The smallest absolute Gasteiger partial charge is 0.226 e. The molecule has 0 saturated carbocycles. The lowest BCUT2D eigenvalue weighted by molar-refractivity contribution is -0.134. The van der Waals surface area contributed by atoms with E-state index in [0.29, 0.717) is 12.8 Å². The van der Waals surface area contributed by atoms with Gasteiger partial charge in [0.1, 0.15) is 0 Å². The predicted molar refractivity (Wildman–Crippen MR) is 36.2 cm³/mol. The Kier molecular flexibility index (Phi) is 2.04. The van der Waals surface area contributed by atoms with Crippen LogP contribution >= 0.6 is 0 Å².